The SMILES string of the molecule is CCCCc1ccc(C2=CC34C5=C6c7c3c3c8c9c%10c%11c(c%12c%13c%14c(c%15c%16c%17c(c%18c7c7c3c3c8c8c%10c%10c%19c%11c%13c%11c%13c%14c%16c%14c%16c%17c%17c%18c7c7c3c3c8c%10c8c(c%11%19)c(c%13%14)c%10c%16c%17c7c3c%108)C6%15Cl)C5%12Cl)C294)cc1. The largest absolute Gasteiger partial charge is 0.122 e. The molecule has 0 saturated carbocycles. The first kappa shape index (κ1) is 29.2. The highest BCUT2D eigenvalue weighted by atomic mass is 35.5. The smallest absolute Gasteiger partial charge is 0.104 e. The number of unbranched alkanes of at least 4 members (excludes halogenated alkanes) is 1. The van der Waals surface area contributed by atoms with Crippen molar-refractivity contribution in [2.45, 2.75) is 46.8 Å². The van der Waals surface area contributed by atoms with Crippen molar-refractivity contribution in [1.29, 1.82) is 0 Å². The molecular formula is C72H14Cl2. The van der Waals surface area contributed by atoms with Gasteiger partial charge in [0, 0.05) is 0 Å². The van der Waals surface area contributed by atoms with E-state index in [1.165, 1.54) is 95.4 Å². The lowest BCUT2D eigenvalue weighted by molar-refractivity contribution is 0.382. The van der Waals surface area contributed by atoms with Gasteiger partial charge < -0.3 is 0 Å². The van der Waals surface area contributed by atoms with Gasteiger partial charge in [0.2, 0.25) is 0 Å². The third-order valence-corrected chi connectivity index (χ3v) is 27.9. The Morgan fingerprint density at radius 1 is 0.324 bits per heavy atom. The number of hydrogen-bond donors (Lipinski definition) is 0. The fourth-order valence-corrected chi connectivity index (χ4v) is 27.6. The van der Waals surface area contributed by atoms with E-state index in [1.54, 1.807) is 238 Å². The summed E-state index contributed by atoms with van der Waals surface area (Å²) >= 11 is 19.3. The molecule has 0 amide bonds. The van der Waals surface area contributed by atoms with Crippen LogP contribution >= 0.6 is 23.2 Å². The summed E-state index contributed by atoms with van der Waals surface area (Å²) in [5, 5.41) is 73.1. The van der Waals surface area contributed by atoms with Crippen LogP contribution in [0.1, 0.15) is 75.4 Å². The van der Waals surface area contributed by atoms with Crippen molar-refractivity contribution in [2.24, 2.45) is 0 Å². The summed E-state index contributed by atoms with van der Waals surface area (Å²) in [5.41, 5.74) is 18.5. The van der Waals surface area contributed by atoms with Gasteiger partial charge in [-0.15, -0.1) is 23.2 Å². The summed E-state index contributed by atoms with van der Waals surface area (Å²) in [6, 6.07) is 10.1. The van der Waals surface area contributed by atoms with Crippen LogP contribution in [0.15, 0.2) is 35.9 Å². The molecule has 0 radical (unpaired) electrons. The lowest BCUT2D eigenvalue weighted by Crippen LogP contribution is -2.63. The first-order chi connectivity index (χ1) is 36.6. The zero-order valence-corrected chi connectivity index (χ0v) is 39.8. The molecule has 4 unspecified atom stereocenters. The highest BCUT2D eigenvalue weighted by molar-refractivity contribution is 6.80. The van der Waals surface area contributed by atoms with Crippen LogP contribution in [-0.2, 0) is 27.0 Å². The molecule has 9 aliphatic carbocycles. The standard InChI is InChI=1S/C72H14Cl2/c1-2-3-4-10-5-7-11(8-6-10)12-9-69-60-51-41-37-25-20-14-13-15-17-18-16(13)22-24-19(14)23(25)35-39(41)49-50-40(35)36(24)44-30(22)32-28(18)34-33-27(17)31-29-21(15)26(20)38-42(29)53-55-45(31)46(33)57-58-48(34)47(32)56-54(44)62(50)71(73)65(56)66(58)72(74,68(69)67(71)59(49)60)64(57)63(55)70(12,69)61(53)52(51)43(37)38/h5-9H,2-4H2,1H3. The van der Waals surface area contributed by atoms with Gasteiger partial charge >= 0.3 is 0 Å². The molecule has 74 heavy (non-hydrogen) atoms. The number of rotatable bonds is 4. The Labute approximate surface area is 417 Å². The second-order valence-electron chi connectivity index (χ2n) is 27.2. The molecule has 0 heterocycles. The molecule has 9 aliphatic rings. The van der Waals surface area contributed by atoms with E-state index in [1.807, 2.05) is 0 Å². The summed E-state index contributed by atoms with van der Waals surface area (Å²) in [5.74, 6) is 0. The topological polar surface area (TPSA) is 0 Å². The maximum Gasteiger partial charge on any atom is 0.122 e. The molecule has 25 aromatic carbocycles. The molecule has 25 aromatic rings. The van der Waals surface area contributed by atoms with Crippen molar-refractivity contribution < 1.29 is 0 Å². The van der Waals surface area contributed by atoms with E-state index >= 15 is 0 Å². The Morgan fingerprint density at radius 2 is 0.649 bits per heavy atom. The number of alkyl halides is 2. The summed E-state index contributed by atoms with van der Waals surface area (Å²) in [7, 11) is 0. The second-order valence-corrected chi connectivity index (χ2v) is 28.4. The van der Waals surface area contributed by atoms with Gasteiger partial charge in [-0.25, -0.2) is 0 Å². The van der Waals surface area contributed by atoms with Crippen LogP contribution in [-0.4, -0.2) is 0 Å². The number of halogens is 2. The summed E-state index contributed by atoms with van der Waals surface area (Å²) < 4.78 is 0. The normalized spacial score (nSPS) is 26.7. The molecule has 4 atom stereocenters. The Morgan fingerprint density at radius 3 is 1.08 bits per heavy atom. The van der Waals surface area contributed by atoms with Crippen LogP contribution in [0.2, 0.25) is 0 Å². The third kappa shape index (κ3) is 1.56. The predicted molar refractivity (Wildman–Crippen MR) is 311 cm³/mol. The van der Waals surface area contributed by atoms with Crippen molar-refractivity contribution >= 4 is 282 Å². The van der Waals surface area contributed by atoms with E-state index < -0.39 is 20.6 Å². The molecule has 0 aliphatic heterocycles. The van der Waals surface area contributed by atoms with Gasteiger partial charge in [0.05, 0.1) is 10.8 Å². The fraction of sp³-hybridized carbons (Fsp3) is 0.111. The van der Waals surface area contributed by atoms with Crippen molar-refractivity contribution in [3.8, 4) is 0 Å². The molecule has 316 valence electrons. The first-order valence-corrected chi connectivity index (χ1v) is 28.6. The molecule has 0 bridgehead atoms. The first-order valence-electron chi connectivity index (χ1n) is 27.8. The number of hydrogen-bond acceptors (Lipinski definition) is 0. The molecule has 0 fully saturated rings. The molecule has 2 spiro atoms. The van der Waals surface area contributed by atoms with Gasteiger partial charge in [-0.1, -0.05) is 43.7 Å². The zero-order chi connectivity index (χ0) is 44.7. The van der Waals surface area contributed by atoms with E-state index in [0.717, 1.165) is 6.42 Å². The monoisotopic (exact) mass is 948 g/mol. The molecule has 0 aromatic heterocycles. The lowest BCUT2D eigenvalue weighted by atomic mass is 9.36. The third-order valence-electron chi connectivity index (χ3n) is 26.8. The number of aryl methyl sites for hydroxylation is 1. The highest BCUT2D eigenvalue weighted by Crippen LogP contribution is 2.93. The van der Waals surface area contributed by atoms with E-state index in [4.69, 9.17) is 0 Å². The van der Waals surface area contributed by atoms with Gasteiger partial charge in [0.15, 0.2) is 0 Å². The van der Waals surface area contributed by atoms with Crippen molar-refractivity contribution in [1.82, 2.24) is 0 Å². The van der Waals surface area contributed by atoms with E-state index in [-0.39, 0.29) is 0 Å². The summed E-state index contributed by atoms with van der Waals surface area (Å²) in [4.78, 5) is -1.72. The molecule has 0 N–H and O–H groups in total. The molecular weight excluding hydrogens is 936 g/mol. The molecule has 34 rings (SSSR count). The van der Waals surface area contributed by atoms with Crippen molar-refractivity contribution in [3.05, 3.63) is 91.5 Å². The minimum atomic E-state index is -0.864. The molecule has 0 saturated heterocycles. The van der Waals surface area contributed by atoms with Crippen LogP contribution in [0.5, 0.6) is 0 Å². The van der Waals surface area contributed by atoms with E-state index in [2.05, 4.69) is 37.3 Å². The van der Waals surface area contributed by atoms with Gasteiger partial charge in [-0.3, -0.25) is 0 Å². The minimum Gasteiger partial charge on any atom is -0.104 e. The Hall–Kier alpha value is -7.74. The fourth-order valence-electron chi connectivity index (χ4n) is 26.4. The van der Waals surface area contributed by atoms with Crippen LogP contribution in [0.3, 0.4) is 0 Å². The average molecular weight is 950 g/mol. The zero-order valence-electron chi connectivity index (χ0n) is 38.3. The Bertz CT molecular complexity index is 7520. The van der Waals surface area contributed by atoms with Crippen LogP contribution in [0.4, 0.5) is 0 Å². The predicted octanol–water partition coefficient (Wildman–Crippen LogP) is 19.5. The van der Waals surface area contributed by atoms with E-state index in [0.29, 0.717) is 0 Å². The second kappa shape index (κ2) is 6.65. The Balaban J connectivity index is 1.09. The van der Waals surface area contributed by atoms with Crippen LogP contribution in [0.25, 0.3) is 259 Å². The van der Waals surface area contributed by atoms with E-state index in [9.17, 15) is 23.2 Å². The van der Waals surface area contributed by atoms with Gasteiger partial charge in [-0.05, 0) is 333 Å². The van der Waals surface area contributed by atoms with Gasteiger partial charge in [0.25, 0.3) is 0 Å². The minimum absolute atomic E-state index is 0.453. The number of allylic oxidation sites excluding steroid dienone is 4. The summed E-state index contributed by atoms with van der Waals surface area (Å²) in [6.07, 6.45) is 6.46. The maximum absolute atomic E-state index is 9.70. The molecule has 0 nitrogen and oxygen atoms in total. The summed E-state index contributed by atoms with van der Waals surface area (Å²) in [6.45, 7) is 2.33. The lowest BCUT2D eigenvalue weighted by Gasteiger charge is -2.65. The van der Waals surface area contributed by atoms with Crippen molar-refractivity contribution in [3.63, 3.8) is 0 Å². The average Bonchev–Trinajstić information content (AvgIpc) is 1.85. The Kier molecular flexibility index (Phi) is 2.63. The van der Waals surface area contributed by atoms with Gasteiger partial charge in [0.1, 0.15) is 9.75 Å². The quantitative estimate of drug-likeness (QED) is 0.122. The van der Waals surface area contributed by atoms with Crippen molar-refractivity contribution in [2.75, 3.05) is 0 Å². The number of benzene rings is 17. The molecule has 2 heteroatoms. The van der Waals surface area contributed by atoms with Crippen LogP contribution in [0, 0.1) is 0 Å². The van der Waals surface area contributed by atoms with Gasteiger partial charge in [-0.2, -0.15) is 0 Å². The van der Waals surface area contributed by atoms with Crippen LogP contribution < -0.4 is 0 Å². The highest BCUT2D eigenvalue weighted by Gasteiger charge is 2.82. The maximum atomic E-state index is 9.70.